The maximum Gasteiger partial charge on any atom is 0.433 e. The minimum Gasteiger partial charge on any atom is -0.373 e. The number of alkyl halides is 3. The van der Waals surface area contributed by atoms with Crippen molar-refractivity contribution in [1.29, 1.82) is 0 Å². The summed E-state index contributed by atoms with van der Waals surface area (Å²) in [7, 11) is 1.60. The van der Waals surface area contributed by atoms with Gasteiger partial charge in [-0.05, 0) is 44.7 Å². The summed E-state index contributed by atoms with van der Waals surface area (Å²) >= 11 is 0. The zero-order chi connectivity index (χ0) is 25.9. The number of rotatable bonds is 4. The number of aryl methyl sites for hydroxylation is 1. The van der Waals surface area contributed by atoms with Gasteiger partial charge in [0.1, 0.15) is 28.6 Å². The van der Waals surface area contributed by atoms with Crippen molar-refractivity contribution in [2.45, 2.75) is 56.8 Å². The third kappa shape index (κ3) is 4.39. The molecule has 1 saturated heterocycles. The van der Waals surface area contributed by atoms with Crippen LogP contribution in [0.5, 0.6) is 0 Å². The van der Waals surface area contributed by atoms with Crippen molar-refractivity contribution in [3.05, 3.63) is 64.0 Å². The Bertz CT molecular complexity index is 1540. The second-order valence-electron chi connectivity index (χ2n) is 9.65. The van der Waals surface area contributed by atoms with Crippen LogP contribution in [-0.4, -0.2) is 40.9 Å². The van der Waals surface area contributed by atoms with Gasteiger partial charge in [0.05, 0.1) is 18.3 Å². The lowest BCUT2D eigenvalue weighted by Gasteiger charge is -2.28. The predicted octanol–water partition coefficient (Wildman–Crippen LogP) is 4.28. The molecule has 1 saturated carbocycles. The molecular formula is C25H24F3N7O2. The van der Waals surface area contributed by atoms with Crippen LogP contribution in [0.4, 0.5) is 13.2 Å². The van der Waals surface area contributed by atoms with Gasteiger partial charge >= 0.3 is 6.18 Å². The molecule has 2 aliphatic rings. The first-order valence-electron chi connectivity index (χ1n) is 12.1. The molecule has 9 nitrogen and oxygen atoms in total. The summed E-state index contributed by atoms with van der Waals surface area (Å²) in [5.41, 5.74) is 0.605. The molecule has 6 rings (SSSR count). The molecule has 4 aromatic rings. The number of hydrogen-bond donors (Lipinski definition) is 0. The van der Waals surface area contributed by atoms with Gasteiger partial charge in [0.15, 0.2) is 5.52 Å². The van der Waals surface area contributed by atoms with E-state index in [0.717, 1.165) is 30.7 Å². The van der Waals surface area contributed by atoms with Crippen molar-refractivity contribution in [2.24, 2.45) is 7.05 Å². The number of fused-ring (bicyclic) bond motifs is 1. The minimum absolute atomic E-state index is 0.123. The van der Waals surface area contributed by atoms with Gasteiger partial charge in [-0.1, -0.05) is 0 Å². The fourth-order valence-electron chi connectivity index (χ4n) is 4.68. The summed E-state index contributed by atoms with van der Waals surface area (Å²) in [5, 5.41) is 4.47. The molecule has 0 radical (unpaired) electrons. The van der Waals surface area contributed by atoms with Gasteiger partial charge in [-0.2, -0.15) is 18.3 Å². The summed E-state index contributed by atoms with van der Waals surface area (Å²) in [6.45, 7) is 2.15. The van der Waals surface area contributed by atoms with E-state index in [9.17, 15) is 18.0 Å². The van der Waals surface area contributed by atoms with Gasteiger partial charge < -0.3 is 4.74 Å². The molecule has 0 amide bonds. The SMILES string of the molecule is Cc1nc2c(-c3ccc(C(F)(F)F)nc3)nc([C@H]3CCO[C@@H](c4cnn(C5CC5)c4)C3)nc2c(=O)n1C. The normalized spacial score (nSPS) is 20.5. The number of halogens is 3. The Morgan fingerprint density at radius 3 is 2.57 bits per heavy atom. The van der Waals surface area contributed by atoms with E-state index in [-0.39, 0.29) is 34.3 Å². The van der Waals surface area contributed by atoms with E-state index in [2.05, 4.69) is 20.1 Å². The van der Waals surface area contributed by atoms with Crippen LogP contribution in [0, 0.1) is 6.92 Å². The molecule has 0 spiro atoms. The van der Waals surface area contributed by atoms with E-state index in [0.29, 0.717) is 42.7 Å². The van der Waals surface area contributed by atoms with Gasteiger partial charge in [-0.3, -0.25) is 19.0 Å². The van der Waals surface area contributed by atoms with Crippen molar-refractivity contribution in [3.8, 4) is 11.3 Å². The smallest absolute Gasteiger partial charge is 0.373 e. The van der Waals surface area contributed by atoms with E-state index in [4.69, 9.17) is 9.72 Å². The molecule has 0 N–H and O–H groups in total. The third-order valence-corrected chi connectivity index (χ3v) is 7.06. The summed E-state index contributed by atoms with van der Waals surface area (Å²) in [5.74, 6) is 0.751. The van der Waals surface area contributed by atoms with Crippen LogP contribution in [0.15, 0.2) is 35.5 Å². The second-order valence-corrected chi connectivity index (χ2v) is 9.65. The average Bonchev–Trinajstić information content (AvgIpc) is 3.63. The van der Waals surface area contributed by atoms with Crippen molar-refractivity contribution in [2.75, 3.05) is 6.61 Å². The van der Waals surface area contributed by atoms with E-state index >= 15 is 0 Å². The van der Waals surface area contributed by atoms with Crippen LogP contribution in [0.25, 0.3) is 22.3 Å². The van der Waals surface area contributed by atoms with Crippen LogP contribution < -0.4 is 5.56 Å². The Morgan fingerprint density at radius 2 is 1.86 bits per heavy atom. The number of pyridine rings is 1. The Balaban J connectivity index is 1.42. The number of hydrogen-bond acceptors (Lipinski definition) is 7. The van der Waals surface area contributed by atoms with Gasteiger partial charge in [0.2, 0.25) is 0 Å². The standard InChI is InChI=1S/C25H24F3N7O2/c1-13-31-21-20(15-3-6-19(29-10-15)25(26,27)28)32-23(33-22(21)24(36)34(13)2)14-7-8-37-18(9-14)16-11-30-35(12-16)17-4-5-17/h3,6,10-12,14,17-18H,4-5,7-9H2,1-2H3/t14-,18+/m0/s1. The lowest BCUT2D eigenvalue weighted by molar-refractivity contribution is -0.141. The Labute approximate surface area is 209 Å². The largest absolute Gasteiger partial charge is 0.433 e. The van der Waals surface area contributed by atoms with E-state index < -0.39 is 11.9 Å². The molecule has 192 valence electrons. The lowest BCUT2D eigenvalue weighted by Crippen LogP contribution is -2.24. The zero-order valence-electron chi connectivity index (χ0n) is 20.2. The Hall–Kier alpha value is -3.67. The molecule has 0 aromatic carbocycles. The number of ether oxygens (including phenoxy) is 1. The average molecular weight is 512 g/mol. The Morgan fingerprint density at radius 1 is 1.05 bits per heavy atom. The number of aromatic nitrogens is 7. The highest BCUT2D eigenvalue weighted by Gasteiger charge is 2.33. The van der Waals surface area contributed by atoms with E-state index in [1.807, 2.05) is 17.1 Å². The van der Waals surface area contributed by atoms with Crippen molar-refractivity contribution >= 4 is 11.0 Å². The van der Waals surface area contributed by atoms with Crippen LogP contribution in [0.1, 0.15) is 66.7 Å². The molecule has 0 bridgehead atoms. The van der Waals surface area contributed by atoms with E-state index in [1.54, 1.807) is 14.0 Å². The first-order chi connectivity index (χ1) is 17.7. The van der Waals surface area contributed by atoms with Crippen LogP contribution in [-0.2, 0) is 18.0 Å². The lowest BCUT2D eigenvalue weighted by atomic mass is 9.92. The molecule has 2 atom stereocenters. The monoisotopic (exact) mass is 511 g/mol. The zero-order valence-corrected chi connectivity index (χ0v) is 20.2. The van der Waals surface area contributed by atoms with Gasteiger partial charge in [0.25, 0.3) is 5.56 Å². The van der Waals surface area contributed by atoms with Crippen LogP contribution in [0.2, 0.25) is 0 Å². The molecule has 4 aromatic heterocycles. The first kappa shape index (κ1) is 23.7. The highest BCUT2D eigenvalue weighted by Crippen LogP contribution is 2.39. The number of nitrogens with zero attached hydrogens (tertiary/aromatic N) is 7. The fraction of sp³-hybridized carbons (Fsp3) is 0.440. The summed E-state index contributed by atoms with van der Waals surface area (Å²) < 4.78 is 48.7. The summed E-state index contributed by atoms with van der Waals surface area (Å²) in [4.78, 5) is 30.6. The van der Waals surface area contributed by atoms with Crippen LogP contribution >= 0.6 is 0 Å². The van der Waals surface area contributed by atoms with Crippen molar-refractivity contribution < 1.29 is 17.9 Å². The first-order valence-corrected chi connectivity index (χ1v) is 12.1. The Kier molecular flexibility index (Phi) is 5.59. The van der Waals surface area contributed by atoms with Gasteiger partial charge in [-0.25, -0.2) is 15.0 Å². The van der Waals surface area contributed by atoms with Gasteiger partial charge in [0, 0.05) is 43.1 Å². The molecule has 12 heteroatoms. The fourth-order valence-corrected chi connectivity index (χ4v) is 4.68. The molecule has 1 aliphatic heterocycles. The highest BCUT2D eigenvalue weighted by molar-refractivity contribution is 5.88. The van der Waals surface area contributed by atoms with Crippen LogP contribution in [0.3, 0.4) is 0 Å². The van der Waals surface area contributed by atoms with Crippen molar-refractivity contribution in [3.63, 3.8) is 0 Å². The van der Waals surface area contributed by atoms with E-state index in [1.165, 1.54) is 10.6 Å². The topological polar surface area (TPSA) is 101 Å². The molecular weight excluding hydrogens is 487 g/mol. The van der Waals surface area contributed by atoms with Gasteiger partial charge in [-0.15, -0.1) is 0 Å². The maximum absolute atomic E-state index is 13.1. The maximum atomic E-state index is 13.1. The molecule has 37 heavy (non-hydrogen) atoms. The molecule has 0 unspecified atom stereocenters. The summed E-state index contributed by atoms with van der Waals surface area (Å²) in [6, 6.07) is 2.66. The van der Waals surface area contributed by atoms with Crippen molar-refractivity contribution in [1.82, 2.24) is 34.3 Å². The molecule has 2 fully saturated rings. The second kappa shape index (κ2) is 8.72. The predicted molar refractivity (Wildman–Crippen MR) is 127 cm³/mol. The molecule has 5 heterocycles. The molecule has 1 aliphatic carbocycles. The quantitative estimate of drug-likeness (QED) is 0.403. The summed E-state index contributed by atoms with van der Waals surface area (Å²) in [6.07, 6.45) is 3.70. The third-order valence-electron chi connectivity index (χ3n) is 7.06. The highest BCUT2D eigenvalue weighted by atomic mass is 19.4. The minimum atomic E-state index is -4.56.